The molecule has 0 unspecified atom stereocenters. The molecule has 4 nitrogen and oxygen atoms in total. The van der Waals surface area contributed by atoms with Gasteiger partial charge in [0.05, 0.1) is 11.7 Å². The first-order valence-electron chi connectivity index (χ1n) is 11.3. The van der Waals surface area contributed by atoms with Gasteiger partial charge in [0.25, 0.3) is 0 Å². The molecule has 3 aromatic rings. The number of aryl methyl sites for hydroxylation is 2. The van der Waals surface area contributed by atoms with E-state index in [4.69, 9.17) is 9.98 Å². The average molecular weight is 431 g/mol. The zero-order valence-electron chi connectivity index (χ0n) is 18.7. The van der Waals surface area contributed by atoms with E-state index in [2.05, 4.69) is 79.6 Å². The second kappa shape index (κ2) is 8.19. The highest BCUT2D eigenvalue weighted by atomic mass is 32.2. The highest BCUT2D eigenvalue weighted by Crippen LogP contribution is 2.49. The lowest BCUT2D eigenvalue weighted by Crippen LogP contribution is -2.35. The van der Waals surface area contributed by atoms with Gasteiger partial charge in [-0.25, -0.2) is 0 Å². The van der Waals surface area contributed by atoms with Gasteiger partial charge in [0.2, 0.25) is 0 Å². The number of hydrogen-bond acceptors (Lipinski definition) is 4. The largest absolute Gasteiger partial charge is 0.338 e. The van der Waals surface area contributed by atoms with Crippen molar-refractivity contribution in [1.82, 2.24) is 14.5 Å². The molecule has 2 aliphatic rings. The van der Waals surface area contributed by atoms with E-state index in [9.17, 15) is 0 Å². The van der Waals surface area contributed by atoms with Crippen LogP contribution in [0.3, 0.4) is 0 Å². The summed E-state index contributed by atoms with van der Waals surface area (Å²) in [5.74, 6) is 1.12. The van der Waals surface area contributed by atoms with Crippen molar-refractivity contribution < 1.29 is 0 Å². The summed E-state index contributed by atoms with van der Waals surface area (Å²) in [6, 6.07) is 18.3. The summed E-state index contributed by atoms with van der Waals surface area (Å²) in [7, 11) is 0. The van der Waals surface area contributed by atoms with Gasteiger partial charge in [-0.15, -0.1) is 0 Å². The topological polar surface area (TPSA) is 33.4 Å². The van der Waals surface area contributed by atoms with Gasteiger partial charge in [-0.3, -0.25) is 9.98 Å². The van der Waals surface area contributed by atoms with E-state index < -0.39 is 0 Å². The van der Waals surface area contributed by atoms with E-state index in [1.807, 2.05) is 24.0 Å². The smallest absolute Gasteiger partial charge is 0.160 e. The highest BCUT2D eigenvalue weighted by molar-refractivity contribution is 8.14. The maximum atomic E-state index is 5.19. The van der Waals surface area contributed by atoms with Gasteiger partial charge < -0.3 is 9.47 Å². The Morgan fingerprint density at radius 1 is 1.06 bits per heavy atom. The van der Waals surface area contributed by atoms with Crippen molar-refractivity contribution >= 4 is 16.9 Å². The van der Waals surface area contributed by atoms with E-state index in [1.54, 1.807) is 0 Å². The van der Waals surface area contributed by atoms with Gasteiger partial charge in [0, 0.05) is 35.1 Å². The molecular formula is C26H30N4S. The second-order valence-corrected chi connectivity index (χ2v) is 9.51. The molecule has 4 heterocycles. The summed E-state index contributed by atoms with van der Waals surface area (Å²) in [5, 5.41) is 1.18. The molecule has 0 amide bonds. The van der Waals surface area contributed by atoms with Gasteiger partial charge in [0.1, 0.15) is 6.04 Å². The zero-order chi connectivity index (χ0) is 21.5. The first kappa shape index (κ1) is 20.4. The molecule has 0 aliphatic carbocycles. The van der Waals surface area contributed by atoms with Crippen molar-refractivity contribution in [2.45, 2.75) is 58.7 Å². The molecule has 31 heavy (non-hydrogen) atoms. The van der Waals surface area contributed by atoms with Gasteiger partial charge in [-0.2, -0.15) is 0 Å². The molecule has 0 bridgehead atoms. The van der Waals surface area contributed by atoms with E-state index in [0.717, 1.165) is 24.3 Å². The van der Waals surface area contributed by atoms with Crippen LogP contribution < -0.4 is 0 Å². The standard InChI is InChI=1S/C26H30N4S/c1-5-19-10-12-21(13-11-19)29-17(3)15-22(18(29)4)25-24(23-9-7-8-14-27-23)28-26-30(25)20(6-2)16-31-26/h7-15,20,24-25H,5-6,16H2,1-4H3/t20-,24+,25-/m1/s1. The number of hydrogen-bond donors (Lipinski definition) is 0. The van der Waals surface area contributed by atoms with Crippen LogP contribution in [0, 0.1) is 13.8 Å². The third kappa shape index (κ3) is 3.39. The minimum Gasteiger partial charge on any atom is -0.338 e. The van der Waals surface area contributed by atoms with Crippen LogP contribution in [-0.4, -0.2) is 31.4 Å². The summed E-state index contributed by atoms with van der Waals surface area (Å²) in [6.45, 7) is 8.96. The SMILES string of the molecule is CCc1ccc(-n2c(C)cc([C@@H]3[C@H](c4ccccn4)N=C4SC[C@@H](CC)N43)c2C)cc1. The Bertz CT molecular complexity index is 1100. The maximum Gasteiger partial charge on any atom is 0.160 e. The molecule has 2 aromatic heterocycles. The van der Waals surface area contributed by atoms with Crippen LogP contribution in [0.4, 0.5) is 0 Å². The van der Waals surface area contributed by atoms with Gasteiger partial charge in [-0.05, 0) is 68.1 Å². The van der Waals surface area contributed by atoms with Crippen LogP contribution in [0.15, 0.2) is 59.7 Å². The number of benzene rings is 1. The molecule has 2 aliphatic heterocycles. The quantitative estimate of drug-likeness (QED) is 0.495. The maximum absolute atomic E-state index is 5.19. The molecule has 0 radical (unpaired) electrons. The number of rotatable bonds is 5. The van der Waals surface area contributed by atoms with Crippen molar-refractivity contribution in [1.29, 1.82) is 0 Å². The number of pyridine rings is 1. The molecule has 0 saturated carbocycles. The molecule has 0 N–H and O–H groups in total. The Labute approximate surface area is 189 Å². The van der Waals surface area contributed by atoms with Gasteiger partial charge in [-0.1, -0.05) is 43.8 Å². The van der Waals surface area contributed by atoms with E-state index in [-0.39, 0.29) is 12.1 Å². The van der Waals surface area contributed by atoms with E-state index in [0.29, 0.717) is 6.04 Å². The number of thioether (sulfide) groups is 1. The summed E-state index contributed by atoms with van der Waals surface area (Å²) in [5.41, 5.74) is 7.60. The highest BCUT2D eigenvalue weighted by Gasteiger charge is 2.46. The van der Waals surface area contributed by atoms with Gasteiger partial charge in [0.15, 0.2) is 5.17 Å². The van der Waals surface area contributed by atoms with Crippen LogP contribution >= 0.6 is 11.8 Å². The molecule has 1 aromatic carbocycles. The average Bonchev–Trinajstić information content (AvgIpc) is 3.46. The predicted molar refractivity (Wildman–Crippen MR) is 130 cm³/mol. The van der Waals surface area contributed by atoms with Crippen molar-refractivity contribution in [3.63, 3.8) is 0 Å². The first-order chi connectivity index (χ1) is 15.1. The molecule has 1 saturated heterocycles. The molecular weight excluding hydrogens is 400 g/mol. The van der Waals surface area contributed by atoms with Crippen LogP contribution in [0.25, 0.3) is 5.69 Å². The lowest BCUT2D eigenvalue weighted by Gasteiger charge is -2.32. The molecule has 160 valence electrons. The molecule has 0 spiro atoms. The summed E-state index contributed by atoms with van der Waals surface area (Å²) < 4.78 is 2.40. The van der Waals surface area contributed by atoms with Gasteiger partial charge >= 0.3 is 0 Å². The monoisotopic (exact) mass is 430 g/mol. The van der Waals surface area contributed by atoms with Crippen molar-refractivity contribution in [3.05, 3.63) is 82.9 Å². The Morgan fingerprint density at radius 3 is 2.55 bits per heavy atom. The van der Waals surface area contributed by atoms with E-state index in [1.165, 1.54) is 33.4 Å². The number of aromatic nitrogens is 2. The molecule has 1 fully saturated rings. The zero-order valence-corrected chi connectivity index (χ0v) is 19.6. The van der Waals surface area contributed by atoms with Crippen LogP contribution in [0.5, 0.6) is 0 Å². The fraction of sp³-hybridized carbons (Fsp3) is 0.385. The summed E-state index contributed by atoms with van der Waals surface area (Å²) >= 11 is 1.90. The Morgan fingerprint density at radius 2 is 1.87 bits per heavy atom. The summed E-state index contributed by atoms with van der Waals surface area (Å²) in [4.78, 5) is 12.5. The third-order valence-electron chi connectivity index (χ3n) is 6.72. The minimum absolute atomic E-state index is 0.0365. The predicted octanol–water partition coefficient (Wildman–Crippen LogP) is 6.03. The number of aliphatic imine (C=N–C) groups is 1. The fourth-order valence-electron chi connectivity index (χ4n) is 5.05. The molecule has 3 atom stereocenters. The molecule has 5 rings (SSSR count). The third-order valence-corrected chi connectivity index (χ3v) is 7.85. The van der Waals surface area contributed by atoms with Crippen LogP contribution in [0.1, 0.15) is 60.6 Å². The second-order valence-electron chi connectivity index (χ2n) is 8.52. The van der Waals surface area contributed by atoms with Crippen LogP contribution in [0.2, 0.25) is 0 Å². The van der Waals surface area contributed by atoms with Crippen molar-refractivity contribution in [3.8, 4) is 5.69 Å². The lowest BCUT2D eigenvalue weighted by molar-refractivity contribution is 0.254. The van der Waals surface area contributed by atoms with E-state index >= 15 is 0 Å². The first-order valence-corrected chi connectivity index (χ1v) is 12.3. The Kier molecular flexibility index (Phi) is 5.39. The fourth-order valence-corrected chi connectivity index (χ4v) is 6.39. The van der Waals surface area contributed by atoms with Crippen molar-refractivity contribution in [2.24, 2.45) is 4.99 Å². The summed E-state index contributed by atoms with van der Waals surface area (Å²) in [6.07, 6.45) is 4.09. The molecule has 5 heteroatoms. The Balaban J connectivity index is 1.61. The Hall–Kier alpha value is -2.53. The number of nitrogens with zero attached hydrogens (tertiary/aromatic N) is 4. The van der Waals surface area contributed by atoms with Crippen molar-refractivity contribution in [2.75, 3.05) is 5.75 Å². The minimum atomic E-state index is 0.0365. The number of fused-ring (bicyclic) bond motifs is 1. The lowest BCUT2D eigenvalue weighted by atomic mass is 9.95. The number of amidine groups is 1. The normalized spacial score (nSPS) is 22.6. The van der Waals surface area contributed by atoms with Crippen LogP contribution in [-0.2, 0) is 6.42 Å².